The van der Waals surface area contributed by atoms with Gasteiger partial charge >= 0.3 is 0 Å². The van der Waals surface area contributed by atoms with Crippen LogP contribution < -0.4 is 28.4 Å². The van der Waals surface area contributed by atoms with Crippen LogP contribution in [0.4, 0.5) is 26.3 Å². The molecular weight excluding hydrogens is 1460 g/mol. The van der Waals surface area contributed by atoms with Crippen LogP contribution >= 0.6 is 0 Å². The number of carbonyl (C=O) groups is 4. The molecule has 19 heteroatoms. The van der Waals surface area contributed by atoms with Crippen molar-refractivity contribution in [3.8, 4) is 51.7 Å². The first kappa shape index (κ1) is 86.7. The molecule has 12 aromatic carbocycles. The van der Waals surface area contributed by atoms with Crippen molar-refractivity contribution in [1.29, 1.82) is 0 Å². The molecule has 114 heavy (non-hydrogen) atoms. The number of benzene rings is 12. The molecule has 590 valence electrons. The molecule has 3 atom stereocenters. The van der Waals surface area contributed by atoms with E-state index in [4.69, 9.17) is 42.6 Å². The highest BCUT2D eigenvalue weighted by Crippen LogP contribution is 2.41. The predicted molar refractivity (Wildman–Crippen MR) is 430 cm³/mol. The van der Waals surface area contributed by atoms with Crippen LogP contribution in [0.3, 0.4) is 0 Å². The molecule has 12 aromatic rings. The second-order valence-electron chi connectivity index (χ2n) is 27.0. The van der Waals surface area contributed by atoms with Crippen LogP contribution in [0.25, 0.3) is 0 Å². The summed E-state index contributed by atoms with van der Waals surface area (Å²) in [7, 11) is 4.86. The van der Waals surface area contributed by atoms with Gasteiger partial charge in [0.05, 0.1) is 37.6 Å². The largest absolute Gasteiger partial charge is 0.497 e. The number of carbonyl (C=O) groups excluding carboxylic acids is 4. The van der Waals surface area contributed by atoms with E-state index in [-0.39, 0.29) is 36.7 Å². The summed E-state index contributed by atoms with van der Waals surface area (Å²) in [5.41, 5.74) is 11.1. The summed E-state index contributed by atoms with van der Waals surface area (Å²) in [5, 5.41) is 0. The van der Waals surface area contributed by atoms with Crippen molar-refractivity contribution in [3.05, 3.63) is 375 Å². The van der Waals surface area contributed by atoms with Gasteiger partial charge in [-0.2, -0.15) is 8.78 Å². The molecule has 0 aromatic heterocycles. The van der Waals surface area contributed by atoms with Gasteiger partial charge in [-0.25, -0.2) is 17.6 Å². The number of rotatable bonds is 30. The van der Waals surface area contributed by atoms with Gasteiger partial charge in [0.1, 0.15) is 71.6 Å². The Hall–Kier alpha value is -12.9. The molecule has 0 radical (unpaired) electrons. The number of alkyl halides is 6. The zero-order valence-electron chi connectivity index (χ0n) is 64.8. The molecule has 0 aliphatic rings. The van der Waals surface area contributed by atoms with Crippen molar-refractivity contribution >= 4 is 25.2 Å². The minimum atomic E-state index is -3.11. The zero-order chi connectivity index (χ0) is 82.1. The molecule has 0 N–H and O–H groups in total. The third-order valence-corrected chi connectivity index (χ3v) is 19.2. The standard InChI is InChI=1S/C31H28F2O4.C31H28O5.C31H30O4.2CH2F2/c1-22-4-6-25(7-5-22)31(32,33)26-12-18-29(19-13-26)37-28-16-10-24(11-17-28)30(2,20-36-21-34)23-8-14-27(35-3)15-9-23;1-22-4-6-23(7-5-22)30(33)24-8-14-28(15-9-24)36-29-18-12-26(13-19-29)31(2,20-35-21-32)25-10-16-27(34-3)17-11-25;1-23-4-6-24(7-5-23)20-25-8-14-29(15-9-25)35-30-18-12-27(13-19-30)31(2,21-34-22-32)26-10-16-28(33-3)17-11-26;2*2-1-3/h4-19,21H,20H2,1-3H3;4-19,21H,20H2,1-3H3;4-19,22H,20-21H2,1-3H3;2*1H2. The third-order valence-electron chi connectivity index (χ3n) is 19.2. The van der Waals surface area contributed by atoms with Crippen molar-refractivity contribution in [2.24, 2.45) is 0 Å². The Kier molecular flexibility index (Phi) is 32.3. The number of hydrogen-bond donors (Lipinski definition) is 0. The van der Waals surface area contributed by atoms with Crippen molar-refractivity contribution in [1.82, 2.24) is 0 Å². The van der Waals surface area contributed by atoms with Crippen LogP contribution in [-0.2, 0) is 57.2 Å². The fourth-order valence-corrected chi connectivity index (χ4v) is 12.4. The monoisotopic (exact) mass is 1550 g/mol. The van der Waals surface area contributed by atoms with Crippen LogP contribution in [-0.4, -0.2) is 80.2 Å². The quantitative estimate of drug-likeness (QED) is 0.0182. The highest BCUT2D eigenvalue weighted by atomic mass is 19.3. The molecule has 0 heterocycles. The second kappa shape index (κ2) is 42.5. The Labute approximate surface area is 661 Å². The summed E-state index contributed by atoms with van der Waals surface area (Å²) >= 11 is 0. The molecule has 0 amide bonds. The van der Waals surface area contributed by atoms with Gasteiger partial charge in [0, 0.05) is 22.3 Å². The van der Waals surface area contributed by atoms with E-state index in [1.165, 1.54) is 53.1 Å². The maximum atomic E-state index is 14.9. The highest BCUT2D eigenvalue weighted by molar-refractivity contribution is 6.09. The molecule has 0 aliphatic heterocycles. The van der Waals surface area contributed by atoms with Crippen LogP contribution in [0.1, 0.15) is 109 Å². The summed E-state index contributed by atoms with van der Waals surface area (Å²) in [6.45, 7) is 10.5. The second-order valence-corrected chi connectivity index (χ2v) is 27.0. The van der Waals surface area contributed by atoms with Gasteiger partial charge < -0.3 is 42.6 Å². The lowest BCUT2D eigenvalue weighted by atomic mass is 9.77. The molecule has 0 aliphatic carbocycles. The van der Waals surface area contributed by atoms with Crippen LogP contribution in [0.15, 0.2) is 291 Å². The predicted octanol–water partition coefficient (Wildman–Crippen LogP) is 22.6. The molecule has 0 saturated heterocycles. The van der Waals surface area contributed by atoms with Crippen LogP contribution in [0, 0.1) is 20.8 Å². The first-order valence-corrected chi connectivity index (χ1v) is 36.1. The molecule has 12 rings (SSSR count). The number of ether oxygens (including phenoxy) is 9. The van der Waals surface area contributed by atoms with Crippen LogP contribution in [0.2, 0.25) is 0 Å². The fourth-order valence-electron chi connectivity index (χ4n) is 12.4. The van der Waals surface area contributed by atoms with Crippen molar-refractivity contribution < 1.29 is 88.2 Å². The van der Waals surface area contributed by atoms with E-state index in [1.807, 2.05) is 198 Å². The maximum absolute atomic E-state index is 14.9. The van der Waals surface area contributed by atoms with Gasteiger partial charge in [0.15, 0.2) is 5.78 Å². The summed E-state index contributed by atoms with van der Waals surface area (Å²) in [4.78, 5) is 45.5. The Bertz CT molecular complexity index is 4900. The van der Waals surface area contributed by atoms with Gasteiger partial charge in [-0.3, -0.25) is 19.2 Å². The van der Waals surface area contributed by atoms with E-state index in [0.717, 1.165) is 79.7 Å². The summed E-state index contributed by atoms with van der Waals surface area (Å²) in [5.74, 6) is 2.94. The average molecular weight is 1550 g/mol. The summed E-state index contributed by atoms with van der Waals surface area (Å²) < 4.78 is 118. The molecule has 3 unspecified atom stereocenters. The smallest absolute Gasteiger partial charge is 0.298 e. The average Bonchev–Trinajstić information content (AvgIpc) is 0.770. The number of hydrogen-bond acceptors (Lipinski definition) is 13. The van der Waals surface area contributed by atoms with Gasteiger partial charge in [0.2, 0.25) is 13.9 Å². The fraction of sp³-hybridized carbons (Fsp3) is 0.200. The lowest BCUT2D eigenvalue weighted by Gasteiger charge is -2.30. The first-order valence-electron chi connectivity index (χ1n) is 36.1. The molecular formula is C95H90F6O13. The molecule has 0 saturated carbocycles. The Balaban J connectivity index is 0.000000207. The lowest BCUT2D eigenvalue weighted by molar-refractivity contribution is -0.130. The summed E-state index contributed by atoms with van der Waals surface area (Å²) in [6.07, 6.45) is 0.891. The van der Waals surface area contributed by atoms with Gasteiger partial charge in [-0.15, -0.1) is 0 Å². The zero-order valence-corrected chi connectivity index (χ0v) is 64.8. The molecule has 0 bridgehead atoms. The number of aryl methyl sites for hydroxylation is 3. The molecule has 0 spiro atoms. The minimum Gasteiger partial charge on any atom is -0.497 e. The molecule has 13 nitrogen and oxygen atoms in total. The minimum absolute atomic E-state index is 0.0266. The van der Waals surface area contributed by atoms with Crippen molar-refractivity contribution in [2.45, 2.75) is 70.1 Å². The number of ketones is 1. The van der Waals surface area contributed by atoms with E-state index in [2.05, 4.69) is 50.2 Å². The highest BCUT2D eigenvalue weighted by Gasteiger charge is 2.35. The van der Waals surface area contributed by atoms with E-state index < -0.39 is 36.0 Å². The van der Waals surface area contributed by atoms with E-state index in [9.17, 15) is 45.5 Å². The van der Waals surface area contributed by atoms with Gasteiger partial charge in [-0.1, -0.05) is 174 Å². The topological polar surface area (TPSA) is 151 Å². The van der Waals surface area contributed by atoms with Crippen molar-refractivity contribution in [2.75, 3.05) is 55.0 Å². The lowest BCUT2D eigenvalue weighted by Crippen LogP contribution is -2.29. The Morgan fingerprint density at radius 2 is 0.474 bits per heavy atom. The van der Waals surface area contributed by atoms with Crippen molar-refractivity contribution in [3.63, 3.8) is 0 Å². The Morgan fingerprint density at radius 1 is 0.289 bits per heavy atom. The van der Waals surface area contributed by atoms with Gasteiger partial charge in [-0.05, 0) is 226 Å². The molecule has 0 fully saturated rings. The normalized spacial score (nSPS) is 12.2. The third kappa shape index (κ3) is 23.8. The maximum Gasteiger partial charge on any atom is 0.298 e. The van der Waals surface area contributed by atoms with E-state index in [0.29, 0.717) is 53.5 Å². The summed E-state index contributed by atoms with van der Waals surface area (Å²) in [6, 6.07) is 89.6. The number of halogens is 6. The van der Waals surface area contributed by atoms with E-state index in [1.54, 1.807) is 69.9 Å². The van der Waals surface area contributed by atoms with Gasteiger partial charge in [0.25, 0.3) is 25.3 Å². The number of methoxy groups -OCH3 is 3. The van der Waals surface area contributed by atoms with E-state index >= 15 is 0 Å². The SMILES string of the molecule is COc1ccc(C(C)(COC=O)c2ccc(Oc3ccc(C(=O)c4ccc(C)cc4)cc3)cc2)cc1.COc1ccc(C(C)(COC=O)c2ccc(Oc3ccc(C(F)(F)c4ccc(C)cc4)cc3)cc2)cc1.COc1ccc(C(C)(COC=O)c2ccc(Oc3ccc(Cc4ccc(C)cc4)cc3)cc2)cc1.FCF.FCF. The van der Waals surface area contributed by atoms with Crippen LogP contribution in [0.5, 0.6) is 51.7 Å². The Morgan fingerprint density at radius 3 is 0.719 bits per heavy atom. The first-order chi connectivity index (χ1) is 55.0.